The first-order chi connectivity index (χ1) is 7.84. The molecule has 1 heterocycles. The minimum atomic E-state index is 0.402. The standard InChI is InChI=1S/C12H11NOS2/c15-12(13-10-5-2-1-3-6-10)14-9-11-7-4-8-16-11/h1-8H,9H2,(H,13,15). The molecule has 0 amide bonds. The summed E-state index contributed by atoms with van der Waals surface area (Å²) < 4.78 is 5.42. The van der Waals surface area contributed by atoms with Crippen molar-refractivity contribution in [1.82, 2.24) is 0 Å². The molecule has 0 bridgehead atoms. The maximum atomic E-state index is 5.42. The van der Waals surface area contributed by atoms with Gasteiger partial charge >= 0.3 is 0 Å². The molecule has 0 spiro atoms. The zero-order valence-corrected chi connectivity index (χ0v) is 10.2. The van der Waals surface area contributed by atoms with E-state index in [0.29, 0.717) is 11.8 Å². The Morgan fingerprint density at radius 1 is 1.19 bits per heavy atom. The number of ether oxygens (including phenoxy) is 1. The first kappa shape index (κ1) is 11.1. The van der Waals surface area contributed by atoms with Gasteiger partial charge in [0.1, 0.15) is 6.61 Å². The molecule has 0 aliphatic heterocycles. The molecule has 0 fully saturated rings. The summed E-state index contributed by atoms with van der Waals surface area (Å²) in [5.41, 5.74) is 0.943. The minimum absolute atomic E-state index is 0.402. The largest absolute Gasteiger partial charge is 0.465 e. The van der Waals surface area contributed by atoms with Crippen molar-refractivity contribution in [1.29, 1.82) is 0 Å². The highest BCUT2D eigenvalue weighted by Crippen LogP contribution is 2.11. The van der Waals surface area contributed by atoms with E-state index in [-0.39, 0.29) is 0 Å². The van der Waals surface area contributed by atoms with Gasteiger partial charge in [-0.2, -0.15) is 0 Å². The maximum absolute atomic E-state index is 5.42. The average molecular weight is 249 g/mol. The molecule has 2 aromatic rings. The molecule has 2 rings (SSSR count). The fraction of sp³-hybridized carbons (Fsp3) is 0.0833. The fourth-order valence-electron chi connectivity index (χ4n) is 1.21. The van der Waals surface area contributed by atoms with Gasteiger partial charge in [0, 0.05) is 10.6 Å². The summed E-state index contributed by atoms with van der Waals surface area (Å²) in [6, 6.07) is 13.8. The normalized spacial score (nSPS) is 9.75. The van der Waals surface area contributed by atoms with Gasteiger partial charge in [0.05, 0.1) is 0 Å². The Morgan fingerprint density at radius 2 is 2.00 bits per heavy atom. The Bertz CT molecular complexity index is 439. The summed E-state index contributed by atoms with van der Waals surface area (Å²) in [4.78, 5) is 1.16. The lowest BCUT2D eigenvalue weighted by Gasteiger charge is -2.08. The van der Waals surface area contributed by atoms with Crippen molar-refractivity contribution in [2.24, 2.45) is 0 Å². The van der Waals surface area contributed by atoms with Gasteiger partial charge in [-0.15, -0.1) is 11.3 Å². The van der Waals surface area contributed by atoms with Crippen molar-refractivity contribution < 1.29 is 4.74 Å². The second-order valence-electron chi connectivity index (χ2n) is 3.15. The molecular weight excluding hydrogens is 238 g/mol. The van der Waals surface area contributed by atoms with Gasteiger partial charge in [0.2, 0.25) is 0 Å². The van der Waals surface area contributed by atoms with Gasteiger partial charge in [0.25, 0.3) is 5.17 Å². The van der Waals surface area contributed by atoms with E-state index in [4.69, 9.17) is 17.0 Å². The van der Waals surface area contributed by atoms with E-state index in [2.05, 4.69) is 5.32 Å². The van der Waals surface area contributed by atoms with Crippen molar-refractivity contribution in [3.05, 3.63) is 52.7 Å². The van der Waals surface area contributed by atoms with Crippen molar-refractivity contribution in [2.45, 2.75) is 6.61 Å². The van der Waals surface area contributed by atoms with Gasteiger partial charge in [-0.05, 0) is 35.8 Å². The maximum Gasteiger partial charge on any atom is 0.261 e. The SMILES string of the molecule is S=C(Nc1ccccc1)OCc1cccs1. The van der Waals surface area contributed by atoms with Crippen LogP contribution < -0.4 is 5.32 Å². The number of benzene rings is 1. The smallest absolute Gasteiger partial charge is 0.261 e. The zero-order valence-electron chi connectivity index (χ0n) is 8.55. The summed E-state index contributed by atoms with van der Waals surface area (Å²) >= 11 is 6.74. The number of hydrogen-bond acceptors (Lipinski definition) is 3. The molecule has 1 aromatic carbocycles. The van der Waals surface area contributed by atoms with E-state index in [9.17, 15) is 0 Å². The van der Waals surface area contributed by atoms with Gasteiger partial charge in [-0.3, -0.25) is 0 Å². The summed E-state index contributed by atoms with van der Waals surface area (Å²) in [7, 11) is 0. The van der Waals surface area contributed by atoms with Gasteiger partial charge in [-0.25, -0.2) is 0 Å². The van der Waals surface area contributed by atoms with E-state index < -0.39 is 0 Å². The van der Waals surface area contributed by atoms with Crippen LogP contribution in [0, 0.1) is 0 Å². The molecule has 0 radical (unpaired) electrons. The molecular formula is C12H11NOS2. The second-order valence-corrected chi connectivity index (χ2v) is 4.55. The summed E-state index contributed by atoms with van der Waals surface area (Å²) in [5, 5.41) is 5.44. The predicted molar refractivity (Wildman–Crippen MR) is 71.8 cm³/mol. The highest BCUT2D eigenvalue weighted by molar-refractivity contribution is 7.80. The molecule has 0 aliphatic rings. The van der Waals surface area contributed by atoms with Crippen LogP contribution in [0.3, 0.4) is 0 Å². The number of para-hydroxylation sites is 1. The van der Waals surface area contributed by atoms with Crippen molar-refractivity contribution >= 4 is 34.4 Å². The number of nitrogens with one attached hydrogen (secondary N) is 1. The minimum Gasteiger partial charge on any atom is -0.465 e. The van der Waals surface area contributed by atoms with E-state index in [1.54, 1.807) is 11.3 Å². The molecule has 1 N–H and O–H groups in total. The average Bonchev–Trinajstić information content (AvgIpc) is 2.81. The predicted octanol–water partition coefficient (Wildman–Crippen LogP) is 3.66. The first-order valence-electron chi connectivity index (χ1n) is 4.86. The molecule has 0 saturated heterocycles. The quantitative estimate of drug-likeness (QED) is 0.839. The molecule has 0 aliphatic carbocycles. The van der Waals surface area contributed by atoms with Crippen LogP contribution in [0.5, 0.6) is 0 Å². The molecule has 16 heavy (non-hydrogen) atoms. The summed E-state index contributed by atoms with van der Waals surface area (Å²) in [6.07, 6.45) is 0. The number of thiophene rings is 1. The first-order valence-corrected chi connectivity index (χ1v) is 6.14. The Kier molecular flexibility index (Phi) is 3.91. The van der Waals surface area contributed by atoms with E-state index in [1.807, 2.05) is 47.8 Å². The van der Waals surface area contributed by atoms with E-state index in [0.717, 1.165) is 10.6 Å². The number of anilines is 1. The molecule has 4 heteroatoms. The van der Waals surface area contributed by atoms with E-state index in [1.165, 1.54) is 0 Å². The van der Waals surface area contributed by atoms with Crippen LogP contribution in [0.1, 0.15) is 4.88 Å². The topological polar surface area (TPSA) is 21.3 Å². The van der Waals surface area contributed by atoms with Crippen LogP contribution in [0.4, 0.5) is 5.69 Å². The van der Waals surface area contributed by atoms with Gasteiger partial charge < -0.3 is 10.1 Å². The molecule has 1 aromatic heterocycles. The molecule has 82 valence electrons. The summed E-state index contributed by atoms with van der Waals surface area (Å²) in [5.74, 6) is 0. The lowest BCUT2D eigenvalue weighted by atomic mass is 10.3. The third kappa shape index (κ3) is 3.32. The monoisotopic (exact) mass is 249 g/mol. The molecule has 2 nitrogen and oxygen atoms in total. The van der Waals surface area contributed by atoms with Crippen LogP contribution >= 0.6 is 23.6 Å². The highest BCUT2D eigenvalue weighted by atomic mass is 32.1. The Labute approximate surface area is 104 Å². The molecule has 0 saturated carbocycles. The number of thiocarbonyl (C=S) groups is 1. The fourth-order valence-corrected chi connectivity index (χ4v) is 2.00. The second kappa shape index (κ2) is 5.63. The lowest BCUT2D eigenvalue weighted by molar-refractivity contribution is 0.304. The van der Waals surface area contributed by atoms with E-state index >= 15 is 0 Å². The van der Waals surface area contributed by atoms with Crippen LogP contribution in [-0.2, 0) is 11.3 Å². The van der Waals surface area contributed by atoms with Crippen LogP contribution in [0.15, 0.2) is 47.8 Å². The zero-order chi connectivity index (χ0) is 11.2. The van der Waals surface area contributed by atoms with Crippen LogP contribution in [0.2, 0.25) is 0 Å². The van der Waals surface area contributed by atoms with Crippen molar-refractivity contribution in [2.75, 3.05) is 5.32 Å². The molecule has 0 unspecified atom stereocenters. The Morgan fingerprint density at radius 3 is 2.69 bits per heavy atom. The van der Waals surface area contributed by atoms with Gasteiger partial charge in [-0.1, -0.05) is 24.3 Å². The number of rotatable bonds is 3. The summed E-state index contributed by atoms with van der Waals surface area (Å²) in [6.45, 7) is 0.524. The van der Waals surface area contributed by atoms with Gasteiger partial charge in [0.15, 0.2) is 0 Å². The van der Waals surface area contributed by atoms with Crippen LogP contribution in [0.25, 0.3) is 0 Å². The Balaban J connectivity index is 1.81. The molecule has 0 atom stereocenters. The highest BCUT2D eigenvalue weighted by Gasteiger charge is 1.99. The van der Waals surface area contributed by atoms with Crippen molar-refractivity contribution in [3.63, 3.8) is 0 Å². The third-order valence-corrected chi connectivity index (χ3v) is 3.02. The Hall–Kier alpha value is -1.39. The third-order valence-electron chi connectivity index (χ3n) is 1.95. The number of hydrogen-bond donors (Lipinski definition) is 1. The van der Waals surface area contributed by atoms with Crippen LogP contribution in [-0.4, -0.2) is 5.17 Å². The lowest BCUT2D eigenvalue weighted by Crippen LogP contribution is -2.12. The van der Waals surface area contributed by atoms with Crippen molar-refractivity contribution in [3.8, 4) is 0 Å².